The maximum absolute atomic E-state index is 8.79. The van der Waals surface area contributed by atoms with Crippen molar-refractivity contribution in [3.05, 3.63) is 264 Å². The van der Waals surface area contributed by atoms with E-state index in [-0.39, 0.29) is 0 Å². The number of methoxy groups -OCH3 is 1. The Labute approximate surface area is 397 Å². The average Bonchev–Trinajstić information content (AvgIpc) is 3.77. The first-order chi connectivity index (χ1) is 33.3. The summed E-state index contributed by atoms with van der Waals surface area (Å²) in [6.07, 6.45) is 3.57. The van der Waals surface area contributed by atoms with Crippen molar-refractivity contribution in [3.63, 3.8) is 0 Å². The molecule has 9 aromatic carbocycles. The van der Waals surface area contributed by atoms with Crippen LogP contribution >= 0.6 is 0 Å². The number of rotatable bonds is 12. The molecule has 1 heterocycles. The molecule has 0 aliphatic carbocycles. The van der Waals surface area contributed by atoms with Crippen LogP contribution in [-0.4, -0.2) is 18.5 Å². The van der Waals surface area contributed by atoms with Crippen molar-refractivity contribution in [1.29, 1.82) is 10.8 Å². The second kappa shape index (κ2) is 20.4. The number of ether oxygens (including phenoxy) is 1. The quantitative estimate of drug-likeness (QED) is 0.0917. The molecule has 0 fully saturated rings. The van der Waals surface area contributed by atoms with E-state index in [9.17, 15) is 0 Å². The van der Waals surface area contributed by atoms with E-state index in [1.807, 2.05) is 121 Å². The maximum Gasteiger partial charge on any atom is 0.136 e. The molecule has 330 valence electrons. The second-order valence-electron chi connectivity index (χ2n) is 16.5. The molecule has 5 N–H and O–H groups in total. The molecule has 1 aromatic heterocycles. The molecule has 0 saturated carbocycles. The van der Waals surface area contributed by atoms with Gasteiger partial charge in [0.2, 0.25) is 0 Å². The fourth-order valence-electron chi connectivity index (χ4n) is 8.22. The first kappa shape index (κ1) is 44.2. The Kier molecular flexibility index (Phi) is 13.3. The summed E-state index contributed by atoms with van der Waals surface area (Å²) in [6.45, 7) is 2.12. The van der Waals surface area contributed by atoms with Gasteiger partial charge in [-0.25, -0.2) is 0 Å². The Balaban J connectivity index is 0.000000286. The van der Waals surface area contributed by atoms with Crippen LogP contribution in [0.5, 0.6) is 5.75 Å². The van der Waals surface area contributed by atoms with Crippen LogP contribution in [0.25, 0.3) is 66.7 Å². The van der Waals surface area contributed by atoms with E-state index in [4.69, 9.17) is 25.7 Å². The molecule has 0 aliphatic heterocycles. The van der Waals surface area contributed by atoms with Crippen LogP contribution in [0.4, 0.5) is 5.69 Å². The lowest BCUT2D eigenvalue weighted by Gasteiger charge is -2.15. The van der Waals surface area contributed by atoms with E-state index in [0.29, 0.717) is 17.1 Å². The van der Waals surface area contributed by atoms with E-state index in [2.05, 4.69) is 121 Å². The van der Waals surface area contributed by atoms with Crippen LogP contribution in [0.3, 0.4) is 0 Å². The van der Waals surface area contributed by atoms with E-state index < -0.39 is 0 Å². The Morgan fingerprint density at radius 2 is 1.01 bits per heavy atom. The standard InChI is InChI=1S/C47H36N2O2.C15H14N2/c1-31-11-9-16-34(25-31)37-21-24-46-42(28-37)40-22-19-38(29-47(40)51-46)41-27-36(20-23-45(41)50-2)35-17-10-18-39(26-35)49-44(33-14-7-4-8-15-33)30-43(48)32-12-5-3-6-13-32;16-14(12-7-3-1-4-8-12)11-15(17)13-9-5-2-6-10-13/h3-30,48-49H,1-2H3;1-11,16H,17H2/b44-30-,48-43?;15-11-,16-14?. The number of aryl methyl sites for hydroxylation is 1. The van der Waals surface area contributed by atoms with Crippen LogP contribution in [0.15, 0.2) is 241 Å². The minimum Gasteiger partial charge on any atom is -0.496 e. The number of hydrogen-bond acceptors (Lipinski definition) is 6. The van der Waals surface area contributed by atoms with Gasteiger partial charge >= 0.3 is 0 Å². The molecule has 0 atom stereocenters. The molecular formula is C62H50N4O2. The molecule has 0 unspecified atom stereocenters. The van der Waals surface area contributed by atoms with Gasteiger partial charge in [0.05, 0.1) is 18.5 Å². The highest BCUT2D eigenvalue weighted by molar-refractivity contribution is 6.12. The van der Waals surface area contributed by atoms with Gasteiger partial charge in [-0.15, -0.1) is 0 Å². The van der Waals surface area contributed by atoms with Gasteiger partial charge in [0.1, 0.15) is 16.9 Å². The van der Waals surface area contributed by atoms with E-state index in [1.165, 1.54) is 16.7 Å². The topological polar surface area (TPSA) is 108 Å². The molecule has 10 rings (SSSR count). The number of allylic oxidation sites excluding steroid dienone is 2. The zero-order valence-electron chi connectivity index (χ0n) is 37.9. The molecule has 0 bridgehead atoms. The lowest BCUT2D eigenvalue weighted by Crippen LogP contribution is -2.03. The number of nitrogens with two attached hydrogens (primary N) is 1. The zero-order valence-corrected chi connectivity index (χ0v) is 37.9. The van der Waals surface area contributed by atoms with Crippen molar-refractivity contribution in [2.75, 3.05) is 12.4 Å². The third-order valence-electron chi connectivity index (χ3n) is 11.8. The summed E-state index contributed by atoms with van der Waals surface area (Å²) < 4.78 is 12.3. The van der Waals surface area contributed by atoms with Crippen LogP contribution in [0.2, 0.25) is 0 Å². The van der Waals surface area contributed by atoms with Crippen LogP contribution in [-0.2, 0) is 0 Å². The van der Waals surface area contributed by atoms with Gasteiger partial charge in [-0.3, -0.25) is 0 Å². The number of furan rings is 1. The molecule has 6 heteroatoms. The predicted octanol–water partition coefficient (Wildman–Crippen LogP) is 15.5. The lowest BCUT2D eigenvalue weighted by atomic mass is 9.96. The molecular weight excluding hydrogens is 833 g/mol. The Bertz CT molecular complexity index is 3450. The third kappa shape index (κ3) is 10.3. The minimum atomic E-state index is 0.423. The van der Waals surface area contributed by atoms with Crippen molar-refractivity contribution < 1.29 is 9.15 Å². The van der Waals surface area contributed by atoms with Gasteiger partial charge in [-0.2, -0.15) is 0 Å². The number of nitrogens with one attached hydrogen (secondary N) is 3. The average molecular weight is 883 g/mol. The number of hydrogen-bond donors (Lipinski definition) is 4. The van der Waals surface area contributed by atoms with Crippen molar-refractivity contribution >= 4 is 50.4 Å². The van der Waals surface area contributed by atoms with E-state index in [0.717, 1.165) is 83.6 Å². The Hall–Kier alpha value is -9.00. The molecule has 0 amide bonds. The summed E-state index contributed by atoms with van der Waals surface area (Å²) in [6, 6.07) is 75.2. The number of anilines is 1. The summed E-state index contributed by atoms with van der Waals surface area (Å²) in [4.78, 5) is 0. The summed E-state index contributed by atoms with van der Waals surface area (Å²) in [7, 11) is 1.71. The first-order valence-electron chi connectivity index (χ1n) is 22.5. The monoisotopic (exact) mass is 882 g/mol. The van der Waals surface area contributed by atoms with E-state index >= 15 is 0 Å². The normalized spacial score (nSPS) is 11.4. The molecule has 10 aromatic rings. The zero-order chi connectivity index (χ0) is 46.8. The first-order valence-corrected chi connectivity index (χ1v) is 22.5. The third-order valence-corrected chi connectivity index (χ3v) is 11.8. The highest BCUT2D eigenvalue weighted by Crippen LogP contribution is 2.39. The van der Waals surface area contributed by atoms with Crippen molar-refractivity contribution in [3.8, 4) is 39.1 Å². The highest BCUT2D eigenvalue weighted by atomic mass is 16.5. The molecule has 0 saturated heterocycles. The van der Waals surface area contributed by atoms with Crippen LogP contribution in [0.1, 0.15) is 27.8 Å². The maximum atomic E-state index is 8.79. The second-order valence-corrected chi connectivity index (χ2v) is 16.5. The van der Waals surface area contributed by atoms with Gasteiger partial charge in [-0.1, -0.05) is 181 Å². The van der Waals surface area contributed by atoms with Crippen molar-refractivity contribution in [2.24, 2.45) is 5.73 Å². The predicted molar refractivity (Wildman–Crippen MR) is 285 cm³/mol. The molecule has 68 heavy (non-hydrogen) atoms. The number of benzene rings is 9. The van der Waals surface area contributed by atoms with Gasteiger partial charge in [0, 0.05) is 33.4 Å². The van der Waals surface area contributed by atoms with Crippen LogP contribution in [0, 0.1) is 17.7 Å². The summed E-state index contributed by atoms with van der Waals surface area (Å²) >= 11 is 0. The fourth-order valence-corrected chi connectivity index (χ4v) is 8.22. The molecule has 0 spiro atoms. The highest BCUT2D eigenvalue weighted by Gasteiger charge is 2.15. The summed E-state index contributed by atoms with van der Waals surface area (Å²) in [5, 5.41) is 22.5. The molecule has 0 radical (unpaired) electrons. The smallest absolute Gasteiger partial charge is 0.136 e. The van der Waals surface area contributed by atoms with E-state index in [1.54, 1.807) is 13.2 Å². The largest absolute Gasteiger partial charge is 0.496 e. The Morgan fingerprint density at radius 3 is 1.66 bits per heavy atom. The number of fused-ring (bicyclic) bond motifs is 3. The minimum absolute atomic E-state index is 0.423. The molecule has 0 aliphatic rings. The van der Waals surface area contributed by atoms with Crippen molar-refractivity contribution in [1.82, 2.24) is 0 Å². The summed E-state index contributed by atoms with van der Waals surface area (Å²) in [5.41, 5.74) is 22.3. The van der Waals surface area contributed by atoms with Gasteiger partial charge in [-0.05, 0) is 118 Å². The van der Waals surface area contributed by atoms with Crippen molar-refractivity contribution in [2.45, 2.75) is 6.92 Å². The summed E-state index contributed by atoms with van der Waals surface area (Å²) in [5.74, 6) is 0.791. The van der Waals surface area contributed by atoms with Gasteiger partial charge in [0.15, 0.2) is 0 Å². The Morgan fingerprint density at radius 1 is 0.471 bits per heavy atom. The van der Waals surface area contributed by atoms with Gasteiger partial charge < -0.3 is 31.0 Å². The lowest BCUT2D eigenvalue weighted by molar-refractivity contribution is 0.416. The van der Waals surface area contributed by atoms with Gasteiger partial charge in [0.25, 0.3) is 0 Å². The molecule has 6 nitrogen and oxygen atoms in total. The SMILES string of the molecule is COc1ccc(-c2cccc(N/C(=C\C(=N)c3ccccc3)c3ccccc3)c2)cc1-c1ccc2c(c1)oc1ccc(-c3cccc(C)c3)cc12.N=C(/C=C(\N)c1ccccc1)c1ccccc1. The van der Waals surface area contributed by atoms with Crippen LogP contribution < -0.4 is 15.8 Å². The fraction of sp³-hybridized carbons (Fsp3) is 0.0323.